The van der Waals surface area contributed by atoms with Crippen LogP contribution in [0.1, 0.15) is 46.8 Å². The molecule has 1 heterocycles. The SMILES string of the molecule is CCOC(=O)c1oc(-c2c(C)cc(C)cc2C)nc1CC. The quantitative estimate of drug-likeness (QED) is 0.797. The van der Waals surface area contributed by atoms with Gasteiger partial charge in [-0.2, -0.15) is 0 Å². The van der Waals surface area contributed by atoms with Crippen LogP contribution >= 0.6 is 0 Å². The maximum absolute atomic E-state index is 11.9. The highest BCUT2D eigenvalue weighted by atomic mass is 16.5. The average Bonchev–Trinajstić information content (AvgIpc) is 2.81. The molecule has 2 aromatic rings. The van der Waals surface area contributed by atoms with E-state index in [4.69, 9.17) is 9.15 Å². The highest BCUT2D eigenvalue weighted by molar-refractivity contribution is 5.88. The summed E-state index contributed by atoms with van der Waals surface area (Å²) in [4.78, 5) is 16.4. The first kappa shape index (κ1) is 15.3. The molecule has 0 spiro atoms. The van der Waals surface area contributed by atoms with Crippen LogP contribution in [0.25, 0.3) is 11.5 Å². The number of oxazole rings is 1. The molecule has 4 heteroatoms. The van der Waals surface area contributed by atoms with Gasteiger partial charge >= 0.3 is 5.97 Å². The summed E-state index contributed by atoms with van der Waals surface area (Å²) in [5, 5.41) is 0. The van der Waals surface area contributed by atoms with E-state index in [2.05, 4.69) is 24.0 Å². The van der Waals surface area contributed by atoms with E-state index < -0.39 is 5.97 Å². The van der Waals surface area contributed by atoms with Crippen molar-refractivity contribution in [3.05, 3.63) is 40.3 Å². The summed E-state index contributed by atoms with van der Waals surface area (Å²) >= 11 is 0. The molecule has 0 amide bonds. The van der Waals surface area contributed by atoms with Crippen molar-refractivity contribution in [3.8, 4) is 11.5 Å². The Hall–Kier alpha value is -2.10. The van der Waals surface area contributed by atoms with Crippen LogP contribution in [0.4, 0.5) is 0 Å². The van der Waals surface area contributed by atoms with E-state index in [1.54, 1.807) is 6.92 Å². The fourth-order valence-corrected chi connectivity index (χ4v) is 2.57. The molecule has 0 atom stereocenters. The van der Waals surface area contributed by atoms with Gasteiger partial charge in [-0.05, 0) is 45.2 Å². The largest absolute Gasteiger partial charge is 0.460 e. The van der Waals surface area contributed by atoms with Gasteiger partial charge in [0, 0.05) is 5.56 Å². The molecule has 0 saturated heterocycles. The topological polar surface area (TPSA) is 52.3 Å². The summed E-state index contributed by atoms with van der Waals surface area (Å²) in [5.74, 6) is 0.258. The Morgan fingerprint density at radius 3 is 2.33 bits per heavy atom. The monoisotopic (exact) mass is 287 g/mol. The molecule has 0 fully saturated rings. The van der Waals surface area contributed by atoms with Crippen molar-refractivity contribution in [2.75, 3.05) is 6.61 Å². The maximum Gasteiger partial charge on any atom is 0.376 e. The van der Waals surface area contributed by atoms with Crippen molar-refractivity contribution < 1.29 is 13.9 Å². The van der Waals surface area contributed by atoms with Crippen molar-refractivity contribution in [1.29, 1.82) is 0 Å². The summed E-state index contributed by atoms with van der Waals surface area (Å²) in [6.45, 7) is 10.1. The summed E-state index contributed by atoms with van der Waals surface area (Å²) in [5.41, 5.74) is 4.97. The molecular formula is C17H21NO3. The van der Waals surface area contributed by atoms with Crippen LogP contribution in [-0.2, 0) is 11.2 Å². The highest BCUT2D eigenvalue weighted by Crippen LogP contribution is 2.29. The van der Waals surface area contributed by atoms with Crippen LogP contribution < -0.4 is 0 Å². The smallest absolute Gasteiger partial charge is 0.376 e. The lowest BCUT2D eigenvalue weighted by molar-refractivity contribution is 0.0489. The molecule has 1 aromatic carbocycles. The molecule has 0 aliphatic heterocycles. The molecule has 4 nitrogen and oxygen atoms in total. The predicted octanol–water partition coefficient (Wildman–Crippen LogP) is 4.01. The molecule has 0 radical (unpaired) electrons. The summed E-state index contributed by atoms with van der Waals surface area (Å²) in [7, 11) is 0. The second-order valence-corrected chi connectivity index (χ2v) is 5.14. The fourth-order valence-electron chi connectivity index (χ4n) is 2.57. The molecular weight excluding hydrogens is 266 g/mol. The Labute approximate surface area is 125 Å². The molecule has 0 bridgehead atoms. The number of carbonyl (C=O) groups is 1. The second kappa shape index (κ2) is 6.12. The second-order valence-electron chi connectivity index (χ2n) is 5.14. The van der Waals surface area contributed by atoms with E-state index in [9.17, 15) is 4.79 Å². The average molecular weight is 287 g/mol. The number of nitrogens with zero attached hydrogens (tertiary/aromatic N) is 1. The Morgan fingerprint density at radius 1 is 1.19 bits per heavy atom. The van der Waals surface area contributed by atoms with Gasteiger partial charge in [-0.25, -0.2) is 9.78 Å². The normalized spacial score (nSPS) is 10.7. The van der Waals surface area contributed by atoms with E-state index in [1.165, 1.54) is 5.56 Å². The molecule has 1 aromatic heterocycles. The van der Waals surface area contributed by atoms with Crippen LogP contribution in [0.2, 0.25) is 0 Å². The fraction of sp³-hybridized carbons (Fsp3) is 0.412. The number of rotatable bonds is 4. The van der Waals surface area contributed by atoms with Crippen LogP contribution in [0.5, 0.6) is 0 Å². The Kier molecular flexibility index (Phi) is 4.46. The predicted molar refractivity (Wildman–Crippen MR) is 81.5 cm³/mol. The zero-order valence-corrected chi connectivity index (χ0v) is 13.2. The molecule has 0 aliphatic carbocycles. The Balaban J connectivity index is 2.54. The van der Waals surface area contributed by atoms with Crippen molar-refractivity contribution in [2.45, 2.75) is 41.0 Å². The molecule has 112 valence electrons. The molecule has 0 saturated carbocycles. The number of carbonyl (C=O) groups excluding carboxylic acids is 1. The first-order valence-electron chi connectivity index (χ1n) is 7.22. The molecule has 0 aliphatic rings. The number of ether oxygens (including phenoxy) is 1. The summed E-state index contributed by atoms with van der Waals surface area (Å²) in [6, 6.07) is 4.17. The lowest BCUT2D eigenvalue weighted by Gasteiger charge is -2.07. The zero-order valence-electron chi connectivity index (χ0n) is 13.2. The van der Waals surface area contributed by atoms with Gasteiger partial charge in [0.05, 0.1) is 12.3 Å². The minimum Gasteiger partial charge on any atom is -0.460 e. The number of esters is 1. The number of aromatic nitrogens is 1. The lowest BCUT2D eigenvalue weighted by Crippen LogP contribution is -2.05. The Morgan fingerprint density at radius 2 is 1.81 bits per heavy atom. The standard InChI is InChI=1S/C17H21NO3/c1-6-13-15(17(19)20-7-2)21-16(18-13)14-11(4)8-10(3)9-12(14)5/h8-9H,6-7H2,1-5H3. The van der Waals surface area contributed by atoms with Gasteiger partial charge in [-0.3, -0.25) is 0 Å². The van der Waals surface area contributed by atoms with Crippen molar-refractivity contribution in [2.24, 2.45) is 0 Å². The summed E-state index contributed by atoms with van der Waals surface area (Å²) in [6.07, 6.45) is 0.627. The maximum atomic E-state index is 11.9. The third kappa shape index (κ3) is 2.99. The van der Waals surface area contributed by atoms with E-state index in [-0.39, 0.29) is 5.76 Å². The van der Waals surface area contributed by atoms with E-state index in [1.807, 2.05) is 20.8 Å². The van der Waals surface area contributed by atoms with E-state index in [0.717, 1.165) is 16.7 Å². The van der Waals surface area contributed by atoms with Gasteiger partial charge in [0.25, 0.3) is 0 Å². The van der Waals surface area contributed by atoms with Crippen molar-refractivity contribution in [1.82, 2.24) is 4.98 Å². The number of hydrogen-bond donors (Lipinski definition) is 0. The minimum absolute atomic E-state index is 0.216. The highest BCUT2D eigenvalue weighted by Gasteiger charge is 2.22. The Bertz CT molecular complexity index is 648. The van der Waals surface area contributed by atoms with Gasteiger partial charge in [0.15, 0.2) is 0 Å². The summed E-state index contributed by atoms with van der Waals surface area (Å²) < 4.78 is 10.7. The van der Waals surface area contributed by atoms with Crippen molar-refractivity contribution in [3.63, 3.8) is 0 Å². The third-order valence-electron chi connectivity index (χ3n) is 3.38. The van der Waals surface area contributed by atoms with Crippen LogP contribution in [0.15, 0.2) is 16.5 Å². The molecule has 2 rings (SSSR count). The molecule has 0 unspecified atom stereocenters. The zero-order chi connectivity index (χ0) is 15.6. The third-order valence-corrected chi connectivity index (χ3v) is 3.38. The van der Waals surface area contributed by atoms with E-state index >= 15 is 0 Å². The van der Waals surface area contributed by atoms with E-state index in [0.29, 0.717) is 24.6 Å². The van der Waals surface area contributed by atoms with Gasteiger partial charge in [0.1, 0.15) is 0 Å². The minimum atomic E-state index is -0.449. The first-order valence-corrected chi connectivity index (χ1v) is 7.22. The van der Waals surface area contributed by atoms with Crippen LogP contribution in [0.3, 0.4) is 0 Å². The van der Waals surface area contributed by atoms with Gasteiger partial charge < -0.3 is 9.15 Å². The van der Waals surface area contributed by atoms with Crippen molar-refractivity contribution >= 4 is 5.97 Å². The number of hydrogen-bond acceptors (Lipinski definition) is 4. The van der Waals surface area contributed by atoms with Gasteiger partial charge in [-0.15, -0.1) is 0 Å². The first-order chi connectivity index (χ1) is 9.97. The van der Waals surface area contributed by atoms with Crippen LogP contribution in [0, 0.1) is 20.8 Å². The number of aryl methyl sites for hydroxylation is 4. The molecule has 0 N–H and O–H groups in total. The van der Waals surface area contributed by atoms with Gasteiger partial charge in [-0.1, -0.05) is 24.6 Å². The molecule has 21 heavy (non-hydrogen) atoms. The lowest BCUT2D eigenvalue weighted by atomic mass is 10.00. The van der Waals surface area contributed by atoms with Gasteiger partial charge in [0.2, 0.25) is 11.7 Å². The number of benzene rings is 1. The van der Waals surface area contributed by atoms with Crippen LogP contribution in [-0.4, -0.2) is 17.6 Å².